The number of fused-ring (bicyclic) bond motifs is 13. The molecule has 0 aromatic heterocycles. The Morgan fingerprint density at radius 2 is 1.25 bits per heavy atom. The van der Waals surface area contributed by atoms with Crippen LogP contribution >= 0.6 is 0 Å². The predicted molar refractivity (Wildman–Crippen MR) is 290 cm³/mol. The highest BCUT2D eigenvalue weighted by Crippen LogP contribution is 2.62. The molecule has 2 nitrogen and oxygen atoms in total. The summed E-state index contributed by atoms with van der Waals surface area (Å²) in [4.78, 5) is 5.41. The summed E-state index contributed by atoms with van der Waals surface area (Å²) in [5.74, 6) is 0.586. The van der Waals surface area contributed by atoms with Crippen LogP contribution in [0.1, 0.15) is 131 Å². The smallest absolute Gasteiger partial charge is 0.0560 e. The van der Waals surface area contributed by atoms with Gasteiger partial charge < -0.3 is 9.80 Å². The van der Waals surface area contributed by atoms with Gasteiger partial charge in [-0.3, -0.25) is 0 Å². The number of hydrogen-bond acceptors (Lipinski definition) is 2. The molecule has 0 saturated heterocycles. The first kappa shape index (κ1) is 42.9. The normalized spacial score (nSPS) is 22.7. The van der Waals surface area contributed by atoms with Crippen molar-refractivity contribution in [3.8, 4) is 11.1 Å². The van der Waals surface area contributed by atoms with Crippen molar-refractivity contribution in [2.45, 2.75) is 124 Å². The van der Waals surface area contributed by atoms with Gasteiger partial charge in [0.25, 0.3) is 0 Å². The van der Waals surface area contributed by atoms with Gasteiger partial charge >= 0.3 is 0 Å². The Morgan fingerprint density at radius 3 is 1.96 bits per heavy atom. The third-order valence-electron chi connectivity index (χ3n) is 17.2. The molecule has 4 atom stereocenters. The Kier molecular flexibility index (Phi) is 9.83. The van der Waals surface area contributed by atoms with Gasteiger partial charge in [0.2, 0.25) is 0 Å². The average Bonchev–Trinajstić information content (AvgIpc) is 3.71. The number of anilines is 2. The van der Waals surface area contributed by atoms with E-state index >= 15 is 0 Å². The molecule has 0 spiro atoms. The Labute approximate surface area is 405 Å². The summed E-state index contributed by atoms with van der Waals surface area (Å²) in [6.45, 7) is 23.7. The molecule has 2 heteroatoms. The van der Waals surface area contributed by atoms with Gasteiger partial charge in [-0.2, -0.15) is 0 Å². The Balaban J connectivity index is 1.03. The average molecular weight is 887 g/mol. The van der Waals surface area contributed by atoms with Crippen molar-refractivity contribution in [1.29, 1.82) is 0 Å². The Morgan fingerprint density at radius 1 is 0.574 bits per heavy atom. The van der Waals surface area contributed by atoms with E-state index in [1.807, 2.05) is 0 Å². The zero-order valence-corrected chi connectivity index (χ0v) is 41.9. The van der Waals surface area contributed by atoms with E-state index < -0.39 is 0 Å². The second kappa shape index (κ2) is 15.6. The monoisotopic (exact) mass is 887 g/mol. The molecule has 0 heterocycles. The fourth-order valence-electron chi connectivity index (χ4n) is 13.9. The minimum Gasteiger partial charge on any atom is -0.337 e. The second-order valence-corrected chi connectivity index (χ2v) is 22.3. The van der Waals surface area contributed by atoms with Crippen LogP contribution in [0.4, 0.5) is 11.4 Å². The van der Waals surface area contributed by atoms with Gasteiger partial charge in [0.05, 0.1) is 12.1 Å². The van der Waals surface area contributed by atoms with E-state index in [1.165, 1.54) is 122 Å². The number of benzene rings is 6. The van der Waals surface area contributed by atoms with Crippen LogP contribution in [0.15, 0.2) is 174 Å². The van der Waals surface area contributed by atoms with Crippen molar-refractivity contribution in [3.63, 3.8) is 0 Å². The highest BCUT2D eigenvalue weighted by molar-refractivity contribution is 6.12. The highest BCUT2D eigenvalue weighted by atomic mass is 15.2. The van der Waals surface area contributed by atoms with Gasteiger partial charge in [-0.1, -0.05) is 184 Å². The van der Waals surface area contributed by atoms with Crippen LogP contribution < -0.4 is 4.90 Å². The molecule has 6 aromatic carbocycles. The minimum atomic E-state index is -0.238. The topological polar surface area (TPSA) is 6.48 Å². The molecule has 0 bridgehead atoms. The zero-order valence-electron chi connectivity index (χ0n) is 41.9. The number of aryl methyl sites for hydroxylation is 2. The van der Waals surface area contributed by atoms with Crippen molar-refractivity contribution >= 4 is 38.6 Å². The van der Waals surface area contributed by atoms with Crippen molar-refractivity contribution in [3.05, 3.63) is 218 Å². The second-order valence-electron chi connectivity index (χ2n) is 22.3. The molecule has 68 heavy (non-hydrogen) atoms. The Hall–Kier alpha value is -6.38. The third-order valence-corrected chi connectivity index (χ3v) is 17.2. The maximum atomic E-state index is 2.76. The van der Waals surface area contributed by atoms with E-state index in [2.05, 4.69) is 225 Å². The fourth-order valence-corrected chi connectivity index (χ4v) is 13.9. The molecule has 6 aliphatic rings. The van der Waals surface area contributed by atoms with Gasteiger partial charge in [0.1, 0.15) is 0 Å². The fraction of sp³-hybridized carbons (Fsp3) is 0.303. The summed E-state index contributed by atoms with van der Waals surface area (Å²) in [6.07, 6.45) is 23.7. The molecule has 6 aromatic rings. The molecule has 0 amide bonds. The van der Waals surface area contributed by atoms with Crippen molar-refractivity contribution < 1.29 is 0 Å². The van der Waals surface area contributed by atoms with E-state index in [1.54, 1.807) is 0 Å². The largest absolute Gasteiger partial charge is 0.337 e. The van der Waals surface area contributed by atoms with Crippen molar-refractivity contribution in [2.75, 3.05) is 4.90 Å². The van der Waals surface area contributed by atoms with Crippen LogP contribution in [0.25, 0.3) is 38.4 Å². The summed E-state index contributed by atoms with van der Waals surface area (Å²) in [7, 11) is 0. The van der Waals surface area contributed by atoms with Crippen LogP contribution in [0, 0.1) is 19.8 Å². The predicted octanol–water partition coefficient (Wildman–Crippen LogP) is 17.3. The van der Waals surface area contributed by atoms with Gasteiger partial charge in [0.15, 0.2) is 0 Å². The molecule has 0 fully saturated rings. The first-order valence-electron chi connectivity index (χ1n) is 25.4. The summed E-state index contributed by atoms with van der Waals surface area (Å²) >= 11 is 0. The molecule has 12 rings (SSSR count). The molecule has 0 radical (unpaired) electrons. The van der Waals surface area contributed by atoms with E-state index in [9.17, 15) is 0 Å². The highest BCUT2D eigenvalue weighted by Gasteiger charge is 2.51. The van der Waals surface area contributed by atoms with Crippen LogP contribution in [-0.4, -0.2) is 17.0 Å². The van der Waals surface area contributed by atoms with Crippen molar-refractivity contribution in [2.24, 2.45) is 5.92 Å². The summed E-state index contributed by atoms with van der Waals surface area (Å²) in [6, 6.07) is 38.8. The van der Waals surface area contributed by atoms with Crippen LogP contribution in [-0.2, 0) is 10.8 Å². The Bertz CT molecular complexity index is 3390. The van der Waals surface area contributed by atoms with Gasteiger partial charge in [-0.15, -0.1) is 0 Å². The van der Waals surface area contributed by atoms with E-state index in [4.69, 9.17) is 0 Å². The van der Waals surface area contributed by atoms with E-state index in [-0.39, 0.29) is 28.8 Å². The minimum absolute atomic E-state index is 0.119. The van der Waals surface area contributed by atoms with Gasteiger partial charge in [-0.05, 0) is 157 Å². The quantitative estimate of drug-likeness (QED) is 0.164. The summed E-state index contributed by atoms with van der Waals surface area (Å²) in [5.41, 5.74) is 24.8. The first-order chi connectivity index (χ1) is 32.7. The van der Waals surface area contributed by atoms with Crippen LogP contribution in [0.5, 0.6) is 0 Å². The zero-order chi connectivity index (χ0) is 47.0. The first-order valence-corrected chi connectivity index (χ1v) is 25.4. The lowest BCUT2D eigenvalue weighted by atomic mass is 9.69. The van der Waals surface area contributed by atoms with Gasteiger partial charge in [0, 0.05) is 45.1 Å². The number of allylic oxidation sites excluding steroid dienone is 9. The lowest BCUT2D eigenvalue weighted by molar-refractivity contribution is 0.361. The molecule has 0 N–H and O–H groups in total. The number of nitrogens with zero attached hydrogens (tertiary/aromatic N) is 2. The maximum Gasteiger partial charge on any atom is 0.0560 e. The molecule has 340 valence electrons. The molecular weight excluding hydrogens is 821 g/mol. The molecule has 0 saturated carbocycles. The van der Waals surface area contributed by atoms with Crippen LogP contribution in [0.3, 0.4) is 0 Å². The lowest BCUT2D eigenvalue weighted by Crippen LogP contribution is -2.37. The number of hydrogen-bond donors (Lipinski definition) is 0. The standard InChI is InChI=1S/C66H66N2/c1-39-19-25-45(26-20-39)67(57-33-23-41(3)35-43(57)5)59-37-55-61(49-17-13-11-15-47(49)59)53-31-29-52-51(63(53)65(55,7)8)30-32-54-62-50-18-14-12-16-48(50)60(38-56(62)66(9,10)64(52)54)68(46-27-21-40(2)22-28-46)58-34-24-42(4)36-44(58)6/h11-23,25,27,29-33,35-38,45-46,56,62H,24,26,28,34H2,1-10H3. The molecular formula is C66H66N2. The number of rotatable bonds is 6. The molecule has 6 aliphatic carbocycles. The van der Waals surface area contributed by atoms with Crippen molar-refractivity contribution in [1.82, 2.24) is 4.90 Å². The lowest BCUT2D eigenvalue weighted by Gasteiger charge is -2.43. The van der Waals surface area contributed by atoms with E-state index in [0.717, 1.165) is 25.7 Å². The summed E-state index contributed by atoms with van der Waals surface area (Å²) in [5, 5.41) is 5.47. The molecule has 4 unspecified atom stereocenters. The van der Waals surface area contributed by atoms with E-state index in [0.29, 0.717) is 5.92 Å². The molecule has 0 aliphatic heterocycles. The van der Waals surface area contributed by atoms with Gasteiger partial charge in [-0.25, -0.2) is 0 Å². The van der Waals surface area contributed by atoms with Crippen LogP contribution in [0.2, 0.25) is 0 Å². The third kappa shape index (κ3) is 6.35. The summed E-state index contributed by atoms with van der Waals surface area (Å²) < 4.78 is 0. The maximum absolute atomic E-state index is 2.76. The SMILES string of the molecule is CC1=CCC(N(C2=CC3C(c4ccccc42)c2ccc4c5c(ccc4c2C3(C)C)-c2c(cc(N(c3ccc(C)cc3C)C3C=CC(C)=CC3)c3ccccc23)C5(C)C)C2=C(C)C=C(C)CC2)C=C1.